The molecule has 0 radical (unpaired) electrons. The van der Waals surface area contributed by atoms with Crippen molar-refractivity contribution in [3.8, 4) is 0 Å². The van der Waals surface area contributed by atoms with E-state index in [1.54, 1.807) is 55.3 Å². The molecule has 25 heavy (non-hydrogen) atoms. The lowest BCUT2D eigenvalue weighted by molar-refractivity contribution is 0.0785. The molecule has 7 heteroatoms. The molecule has 2 rings (SSSR count). The largest absolute Gasteiger partial charge is 0.337 e. The Morgan fingerprint density at radius 2 is 1.60 bits per heavy atom. The van der Waals surface area contributed by atoms with E-state index in [-0.39, 0.29) is 5.91 Å². The van der Waals surface area contributed by atoms with Gasteiger partial charge in [-0.05, 0) is 48.9 Å². The Hall–Kier alpha value is -2.05. The predicted octanol–water partition coefficient (Wildman–Crippen LogP) is 3.40. The minimum Gasteiger partial charge on any atom is -0.337 e. The van der Waals surface area contributed by atoms with Crippen molar-refractivity contribution in [3.05, 3.63) is 64.7 Å². The zero-order chi connectivity index (χ0) is 18.6. The number of anilines is 1. The summed E-state index contributed by atoms with van der Waals surface area (Å²) in [4.78, 5) is 14.1. The zero-order valence-electron chi connectivity index (χ0n) is 14.4. The fraction of sp³-hybridized carbons (Fsp3) is 0.278. The van der Waals surface area contributed by atoms with E-state index in [4.69, 9.17) is 11.6 Å². The first-order valence-corrected chi connectivity index (χ1v) is 10.0. The molecule has 0 heterocycles. The normalized spacial score (nSPS) is 11.2. The Bertz CT molecular complexity index is 834. The van der Waals surface area contributed by atoms with E-state index in [1.165, 1.54) is 4.31 Å². The average molecular weight is 381 g/mol. The van der Waals surface area contributed by atoms with Crippen LogP contribution >= 0.6 is 11.6 Å². The summed E-state index contributed by atoms with van der Waals surface area (Å²) in [5.41, 5.74) is 2.03. The highest BCUT2D eigenvalue weighted by atomic mass is 35.5. The smallest absolute Gasteiger partial charge is 0.253 e. The number of carbonyl (C=O) groups excluding carboxylic acids is 1. The van der Waals surface area contributed by atoms with Crippen LogP contribution in [0.25, 0.3) is 0 Å². The second-order valence-corrected chi connectivity index (χ2v) is 8.11. The van der Waals surface area contributed by atoms with Gasteiger partial charge >= 0.3 is 0 Å². The van der Waals surface area contributed by atoms with Crippen LogP contribution in [0.2, 0.25) is 5.02 Å². The lowest BCUT2D eigenvalue weighted by Crippen LogP contribution is -2.29. The summed E-state index contributed by atoms with van der Waals surface area (Å²) >= 11 is 5.86. The van der Waals surface area contributed by atoms with Crippen molar-refractivity contribution in [3.63, 3.8) is 0 Å². The molecule has 5 nitrogen and oxygen atoms in total. The van der Waals surface area contributed by atoms with Crippen molar-refractivity contribution < 1.29 is 13.2 Å². The Morgan fingerprint density at radius 1 is 1.04 bits per heavy atom. The van der Waals surface area contributed by atoms with E-state index in [1.807, 2.05) is 12.1 Å². The molecule has 0 bridgehead atoms. The van der Waals surface area contributed by atoms with Crippen molar-refractivity contribution in [1.82, 2.24) is 4.90 Å². The fourth-order valence-electron chi connectivity index (χ4n) is 2.53. The van der Waals surface area contributed by atoms with Crippen LogP contribution < -0.4 is 4.31 Å². The van der Waals surface area contributed by atoms with E-state index in [0.717, 1.165) is 11.8 Å². The van der Waals surface area contributed by atoms with E-state index in [0.29, 0.717) is 29.4 Å². The van der Waals surface area contributed by atoms with E-state index in [2.05, 4.69) is 0 Å². The van der Waals surface area contributed by atoms with Crippen LogP contribution in [-0.4, -0.2) is 39.1 Å². The van der Waals surface area contributed by atoms with Crippen LogP contribution in [0.5, 0.6) is 0 Å². The quantitative estimate of drug-likeness (QED) is 0.771. The van der Waals surface area contributed by atoms with Crippen LogP contribution in [0.4, 0.5) is 5.69 Å². The number of sulfonamides is 1. The number of rotatable bonds is 6. The molecule has 0 aromatic heterocycles. The standard InChI is InChI=1S/C18H21ClN2O3S/c1-4-21(25(3,23)24)17-11-7-15(8-12-17)18(22)20(2)13-14-5-9-16(19)10-6-14/h5-12H,4,13H2,1-3H3. The molecule has 0 fully saturated rings. The monoisotopic (exact) mass is 380 g/mol. The summed E-state index contributed by atoms with van der Waals surface area (Å²) in [6, 6.07) is 13.9. The van der Waals surface area contributed by atoms with Gasteiger partial charge in [0.1, 0.15) is 0 Å². The first-order chi connectivity index (χ1) is 11.7. The van der Waals surface area contributed by atoms with Gasteiger partial charge in [-0.2, -0.15) is 0 Å². The lowest BCUT2D eigenvalue weighted by atomic mass is 10.1. The maximum Gasteiger partial charge on any atom is 0.253 e. The molecule has 0 saturated carbocycles. The van der Waals surface area contributed by atoms with Gasteiger partial charge in [0.05, 0.1) is 11.9 Å². The number of hydrogen-bond acceptors (Lipinski definition) is 3. The Morgan fingerprint density at radius 3 is 2.08 bits per heavy atom. The number of halogens is 1. The highest BCUT2D eigenvalue weighted by Gasteiger charge is 2.17. The van der Waals surface area contributed by atoms with Crippen LogP contribution in [-0.2, 0) is 16.6 Å². The van der Waals surface area contributed by atoms with Gasteiger partial charge in [0.2, 0.25) is 10.0 Å². The molecule has 2 aromatic carbocycles. The minimum absolute atomic E-state index is 0.135. The van der Waals surface area contributed by atoms with Gasteiger partial charge in [-0.1, -0.05) is 23.7 Å². The number of benzene rings is 2. The van der Waals surface area contributed by atoms with Gasteiger partial charge in [0, 0.05) is 30.7 Å². The molecule has 0 aliphatic heterocycles. The van der Waals surface area contributed by atoms with Crippen molar-refractivity contribution in [1.29, 1.82) is 0 Å². The van der Waals surface area contributed by atoms with Crippen LogP contribution in [0.15, 0.2) is 48.5 Å². The first kappa shape index (κ1) is 19.3. The summed E-state index contributed by atoms with van der Waals surface area (Å²) in [5, 5.41) is 0.652. The van der Waals surface area contributed by atoms with Crippen molar-refractivity contribution >= 4 is 33.2 Å². The summed E-state index contributed by atoms with van der Waals surface area (Å²) in [6.07, 6.45) is 1.16. The molecule has 1 amide bonds. The van der Waals surface area contributed by atoms with E-state index < -0.39 is 10.0 Å². The Labute approximate surface area is 153 Å². The van der Waals surface area contributed by atoms with Crippen molar-refractivity contribution in [2.24, 2.45) is 0 Å². The molecule has 0 saturated heterocycles. The number of hydrogen-bond donors (Lipinski definition) is 0. The van der Waals surface area contributed by atoms with Gasteiger partial charge in [-0.25, -0.2) is 8.42 Å². The molecular formula is C18H21ClN2O3S. The third-order valence-electron chi connectivity index (χ3n) is 3.77. The van der Waals surface area contributed by atoms with Gasteiger partial charge in [0.15, 0.2) is 0 Å². The van der Waals surface area contributed by atoms with Gasteiger partial charge in [-0.15, -0.1) is 0 Å². The summed E-state index contributed by atoms with van der Waals surface area (Å²) < 4.78 is 24.8. The maximum absolute atomic E-state index is 12.5. The highest BCUT2D eigenvalue weighted by molar-refractivity contribution is 7.92. The third kappa shape index (κ3) is 4.96. The summed E-state index contributed by atoms with van der Waals surface area (Å²) in [5.74, 6) is -0.135. The highest BCUT2D eigenvalue weighted by Crippen LogP contribution is 2.19. The SMILES string of the molecule is CCN(c1ccc(C(=O)N(C)Cc2ccc(Cl)cc2)cc1)S(C)(=O)=O. The molecule has 0 N–H and O–H groups in total. The van der Waals surface area contributed by atoms with Crippen LogP contribution in [0, 0.1) is 0 Å². The molecular weight excluding hydrogens is 360 g/mol. The third-order valence-corrected chi connectivity index (χ3v) is 5.29. The molecule has 0 unspecified atom stereocenters. The lowest BCUT2D eigenvalue weighted by Gasteiger charge is -2.21. The van der Waals surface area contributed by atoms with E-state index in [9.17, 15) is 13.2 Å². The Balaban J connectivity index is 2.12. The average Bonchev–Trinajstić information content (AvgIpc) is 2.56. The van der Waals surface area contributed by atoms with Gasteiger partial charge < -0.3 is 4.90 Å². The van der Waals surface area contributed by atoms with E-state index >= 15 is 0 Å². The fourth-order valence-corrected chi connectivity index (χ4v) is 3.63. The van der Waals surface area contributed by atoms with Gasteiger partial charge in [-0.3, -0.25) is 9.10 Å². The number of nitrogens with zero attached hydrogens (tertiary/aromatic N) is 2. The second-order valence-electron chi connectivity index (χ2n) is 5.76. The topological polar surface area (TPSA) is 57.7 Å². The molecule has 0 aliphatic rings. The molecule has 134 valence electrons. The molecule has 2 aromatic rings. The number of amides is 1. The first-order valence-electron chi connectivity index (χ1n) is 7.80. The zero-order valence-corrected chi connectivity index (χ0v) is 16.0. The summed E-state index contributed by atoms with van der Waals surface area (Å²) in [6.45, 7) is 2.56. The predicted molar refractivity (Wildman–Crippen MR) is 102 cm³/mol. The van der Waals surface area contributed by atoms with Crippen LogP contribution in [0.3, 0.4) is 0 Å². The molecule has 0 atom stereocenters. The molecule has 0 spiro atoms. The Kier molecular flexibility index (Phi) is 6.08. The minimum atomic E-state index is -3.33. The van der Waals surface area contributed by atoms with Crippen molar-refractivity contribution in [2.75, 3.05) is 24.2 Å². The van der Waals surface area contributed by atoms with Crippen molar-refractivity contribution in [2.45, 2.75) is 13.5 Å². The van der Waals surface area contributed by atoms with Crippen LogP contribution in [0.1, 0.15) is 22.8 Å². The summed E-state index contributed by atoms with van der Waals surface area (Å²) in [7, 11) is -1.61. The molecule has 0 aliphatic carbocycles. The second kappa shape index (κ2) is 7.89. The van der Waals surface area contributed by atoms with Gasteiger partial charge in [0.25, 0.3) is 5.91 Å². The number of carbonyl (C=O) groups is 1. The maximum atomic E-state index is 12.5.